The van der Waals surface area contributed by atoms with Crippen LogP contribution in [0.2, 0.25) is 0 Å². The topological polar surface area (TPSA) is 87.7 Å². The van der Waals surface area contributed by atoms with Gasteiger partial charge in [0.25, 0.3) is 0 Å². The minimum absolute atomic E-state index is 0.0172. The van der Waals surface area contributed by atoms with Gasteiger partial charge in [-0.15, -0.1) is 0 Å². The van der Waals surface area contributed by atoms with E-state index in [1.807, 2.05) is 30.3 Å². The number of nitrogens with zero attached hydrogens (tertiary/aromatic N) is 1. The average molecular weight is 207 g/mol. The predicted octanol–water partition coefficient (Wildman–Crippen LogP) is 0.0917. The van der Waals surface area contributed by atoms with Gasteiger partial charge in [0, 0.05) is 0 Å². The van der Waals surface area contributed by atoms with Crippen LogP contribution in [0.25, 0.3) is 0 Å². The van der Waals surface area contributed by atoms with Gasteiger partial charge in [0.15, 0.2) is 5.84 Å². The number of nitrogens with two attached hydrogens (primary N) is 1. The predicted molar refractivity (Wildman–Crippen MR) is 56.6 cm³/mol. The highest BCUT2D eigenvalue weighted by molar-refractivity contribution is 5.87. The van der Waals surface area contributed by atoms with E-state index in [0.29, 0.717) is 6.42 Å². The first-order valence-electron chi connectivity index (χ1n) is 4.49. The molecule has 0 fully saturated rings. The van der Waals surface area contributed by atoms with E-state index >= 15 is 0 Å². The molecule has 15 heavy (non-hydrogen) atoms. The molecule has 0 aromatic heterocycles. The van der Waals surface area contributed by atoms with Gasteiger partial charge in [-0.3, -0.25) is 4.79 Å². The lowest BCUT2D eigenvalue weighted by Crippen LogP contribution is -2.34. The highest BCUT2D eigenvalue weighted by Crippen LogP contribution is 1.98. The third kappa shape index (κ3) is 4.12. The molecule has 4 N–H and O–H groups in total. The second-order valence-electron chi connectivity index (χ2n) is 3.03. The Hall–Kier alpha value is -2.04. The third-order valence-electron chi connectivity index (χ3n) is 1.80. The van der Waals surface area contributed by atoms with Gasteiger partial charge in [0.2, 0.25) is 5.91 Å². The maximum atomic E-state index is 11.3. The van der Waals surface area contributed by atoms with E-state index in [9.17, 15) is 4.79 Å². The zero-order valence-electron chi connectivity index (χ0n) is 8.18. The molecule has 0 aliphatic carbocycles. The molecule has 0 aliphatic rings. The first kappa shape index (κ1) is 11.0. The molecule has 0 heterocycles. The van der Waals surface area contributed by atoms with Crippen molar-refractivity contribution in [2.24, 2.45) is 10.9 Å². The Bertz CT molecular complexity index is 349. The molecule has 0 bridgehead atoms. The monoisotopic (exact) mass is 207 g/mol. The van der Waals surface area contributed by atoms with Crippen LogP contribution in [0.4, 0.5) is 0 Å². The van der Waals surface area contributed by atoms with Crippen LogP contribution in [0.3, 0.4) is 0 Å². The van der Waals surface area contributed by atoms with Gasteiger partial charge in [-0.1, -0.05) is 35.5 Å². The maximum Gasteiger partial charge on any atom is 0.224 e. The van der Waals surface area contributed by atoms with Crippen molar-refractivity contribution in [3.05, 3.63) is 35.9 Å². The lowest BCUT2D eigenvalue weighted by molar-refractivity contribution is -0.120. The van der Waals surface area contributed by atoms with Gasteiger partial charge >= 0.3 is 0 Å². The first-order chi connectivity index (χ1) is 7.22. The van der Waals surface area contributed by atoms with Crippen molar-refractivity contribution in [2.45, 2.75) is 6.42 Å². The van der Waals surface area contributed by atoms with Crippen molar-refractivity contribution in [3.63, 3.8) is 0 Å². The maximum absolute atomic E-state index is 11.3. The summed E-state index contributed by atoms with van der Waals surface area (Å²) in [5, 5.41) is 13.5. The molecule has 0 aliphatic heterocycles. The highest BCUT2D eigenvalue weighted by atomic mass is 16.4. The molecular weight excluding hydrogens is 194 g/mol. The van der Waals surface area contributed by atoms with E-state index in [1.165, 1.54) is 0 Å². The lowest BCUT2D eigenvalue weighted by Gasteiger charge is -2.03. The molecule has 0 unspecified atom stereocenters. The third-order valence-corrected chi connectivity index (χ3v) is 1.80. The van der Waals surface area contributed by atoms with Gasteiger partial charge in [-0.25, -0.2) is 0 Å². The molecule has 1 aromatic rings. The van der Waals surface area contributed by atoms with Gasteiger partial charge in [0.05, 0.1) is 13.0 Å². The van der Waals surface area contributed by atoms with Crippen molar-refractivity contribution in [3.8, 4) is 0 Å². The van der Waals surface area contributed by atoms with Crippen LogP contribution in [0.15, 0.2) is 35.5 Å². The number of hydrogen-bond donors (Lipinski definition) is 3. The number of oxime groups is 1. The van der Waals surface area contributed by atoms with Gasteiger partial charge in [0.1, 0.15) is 0 Å². The number of rotatable bonds is 4. The minimum atomic E-state index is -0.159. The van der Waals surface area contributed by atoms with Crippen LogP contribution in [0, 0.1) is 0 Å². The summed E-state index contributed by atoms with van der Waals surface area (Å²) < 4.78 is 0. The van der Waals surface area contributed by atoms with Crippen LogP contribution in [-0.2, 0) is 11.2 Å². The summed E-state index contributed by atoms with van der Waals surface area (Å²) in [5.74, 6) is -0.177. The minimum Gasteiger partial charge on any atom is -0.409 e. The number of amides is 1. The van der Waals surface area contributed by atoms with Crippen LogP contribution < -0.4 is 11.1 Å². The van der Waals surface area contributed by atoms with E-state index in [0.717, 1.165) is 5.56 Å². The Morgan fingerprint density at radius 3 is 2.67 bits per heavy atom. The molecule has 0 saturated heterocycles. The van der Waals surface area contributed by atoms with E-state index in [2.05, 4.69) is 10.5 Å². The standard InChI is InChI=1S/C10H13N3O2/c11-9(13-15)7-12-10(14)6-8-4-2-1-3-5-8/h1-5,15H,6-7H2,(H2,11,13)(H,12,14). The van der Waals surface area contributed by atoms with E-state index in [4.69, 9.17) is 10.9 Å². The smallest absolute Gasteiger partial charge is 0.224 e. The molecule has 5 nitrogen and oxygen atoms in total. The van der Waals surface area contributed by atoms with Crippen LogP contribution in [0.5, 0.6) is 0 Å². The molecule has 0 atom stereocenters. The number of benzene rings is 1. The SMILES string of the molecule is N/C(CNC(=O)Cc1ccccc1)=N/O. The molecular formula is C10H13N3O2. The summed E-state index contributed by atoms with van der Waals surface area (Å²) in [6, 6.07) is 9.35. The molecule has 1 rings (SSSR count). The van der Waals surface area contributed by atoms with Gasteiger partial charge in [-0.05, 0) is 5.56 Å². The Morgan fingerprint density at radius 2 is 2.07 bits per heavy atom. The Morgan fingerprint density at radius 1 is 1.40 bits per heavy atom. The number of amidine groups is 1. The Kier molecular flexibility index (Phi) is 4.15. The van der Waals surface area contributed by atoms with Crippen LogP contribution in [0.1, 0.15) is 5.56 Å². The molecule has 1 amide bonds. The second kappa shape index (κ2) is 5.64. The van der Waals surface area contributed by atoms with E-state index < -0.39 is 0 Å². The highest BCUT2D eigenvalue weighted by Gasteiger charge is 2.02. The Balaban J connectivity index is 2.37. The molecule has 0 spiro atoms. The second-order valence-corrected chi connectivity index (χ2v) is 3.03. The van der Waals surface area contributed by atoms with Crippen molar-refractivity contribution in [1.29, 1.82) is 0 Å². The molecule has 1 aromatic carbocycles. The number of carbonyl (C=O) groups excluding carboxylic acids is 1. The van der Waals surface area contributed by atoms with Crippen molar-refractivity contribution in [1.82, 2.24) is 5.32 Å². The fourth-order valence-corrected chi connectivity index (χ4v) is 1.07. The number of carbonyl (C=O) groups is 1. The Labute approximate surface area is 87.6 Å². The molecule has 5 heteroatoms. The van der Waals surface area contributed by atoms with Crippen molar-refractivity contribution < 1.29 is 10.0 Å². The van der Waals surface area contributed by atoms with Gasteiger partial charge in [-0.2, -0.15) is 0 Å². The zero-order chi connectivity index (χ0) is 11.1. The summed E-state index contributed by atoms with van der Waals surface area (Å²) in [6.07, 6.45) is 0.291. The molecule has 0 saturated carbocycles. The summed E-state index contributed by atoms with van der Waals surface area (Å²) in [7, 11) is 0. The molecule has 0 radical (unpaired) electrons. The normalized spacial score (nSPS) is 11.1. The van der Waals surface area contributed by atoms with E-state index in [1.54, 1.807) is 0 Å². The fraction of sp³-hybridized carbons (Fsp3) is 0.200. The summed E-state index contributed by atoms with van der Waals surface area (Å²) in [6.45, 7) is 0.0577. The summed E-state index contributed by atoms with van der Waals surface area (Å²) in [5.41, 5.74) is 6.13. The van der Waals surface area contributed by atoms with Crippen molar-refractivity contribution in [2.75, 3.05) is 6.54 Å². The lowest BCUT2D eigenvalue weighted by atomic mass is 10.1. The largest absolute Gasteiger partial charge is 0.409 e. The number of nitrogens with one attached hydrogen (secondary N) is 1. The summed E-state index contributed by atoms with van der Waals surface area (Å²) >= 11 is 0. The van der Waals surface area contributed by atoms with E-state index in [-0.39, 0.29) is 18.3 Å². The zero-order valence-corrected chi connectivity index (χ0v) is 8.18. The summed E-state index contributed by atoms with van der Waals surface area (Å²) in [4.78, 5) is 11.3. The quantitative estimate of drug-likeness (QED) is 0.283. The number of hydrogen-bond acceptors (Lipinski definition) is 3. The van der Waals surface area contributed by atoms with Crippen LogP contribution in [-0.4, -0.2) is 23.5 Å². The average Bonchev–Trinajstić information content (AvgIpc) is 2.27. The fourth-order valence-electron chi connectivity index (χ4n) is 1.07. The van der Waals surface area contributed by atoms with Gasteiger partial charge < -0.3 is 16.3 Å². The molecule has 80 valence electrons. The first-order valence-corrected chi connectivity index (χ1v) is 4.49. The van der Waals surface area contributed by atoms with Crippen molar-refractivity contribution >= 4 is 11.7 Å². The van der Waals surface area contributed by atoms with Crippen LogP contribution >= 0.6 is 0 Å².